The summed E-state index contributed by atoms with van der Waals surface area (Å²) in [4.78, 5) is 8.28. The van der Waals surface area contributed by atoms with Gasteiger partial charge in [-0.05, 0) is 12.1 Å². The second-order valence-corrected chi connectivity index (χ2v) is 6.62. The summed E-state index contributed by atoms with van der Waals surface area (Å²) in [6.45, 7) is 0. The summed E-state index contributed by atoms with van der Waals surface area (Å²) in [5.41, 5.74) is -0.272. The Hall–Kier alpha value is -2.39. The molecule has 0 saturated carbocycles. The number of pyridine rings is 1. The molecule has 4 rings (SSSR count). The molecular weight excluding hydrogens is 411 g/mol. The van der Waals surface area contributed by atoms with Crippen molar-refractivity contribution in [2.45, 2.75) is 18.8 Å². The molecule has 0 N–H and O–H groups in total. The molecule has 140 valence electrons. The van der Waals surface area contributed by atoms with E-state index in [0.29, 0.717) is 5.57 Å². The lowest BCUT2D eigenvalue weighted by molar-refractivity contribution is -0.137. The van der Waals surface area contributed by atoms with Crippen LogP contribution in [0.1, 0.15) is 17.8 Å². The number of fused-ring (bicyclic) bond motifs is 1. The van der Waals surface area contributed by atoms with Gasteiger partial charge in [-0.15, -0.1) is 0 Å². The molecule has 11 heteroatoms. The van der Waals surface area contributed by atoms with Gasteiger partial charge in [-0.1, -0.05) is 34.4 Å². The lowest BCUT2D eigenvalue weighted by Crippen LogP contribution is -2.06. The standard InChI is InChI=1S/C16H8Cl2F4N4O/c17-10-4-8(19)1-2-9(10)13-24-15(27-25-13)12-6-26-5-7(16(20,21)22)3-11(18)14(26)23-12/h1-3,5-6,8H,4H2. The molecule has 3 heterocycles. The predicted octanol–water partition coefficient (Wildman–Crippen LogP) is 5.30. The third-order valence-electron chi connectivity index (χ3n) is 3.86. The van der Waals surface area contributed by atoms with Crippen molar-refractivity contribution in [3.63, 3.8) is 0 Å². The molecule has 3 aromatic heterocycles. The van der Waals surface area contributed by atoms with Gasteiger partial charge in [-0.2, -0.15) is 18.2 Å². The van der Waals surface area contributed by atoms with E-state index >= 15 is 0 Å². The van der Waals surface area contributed by atoms with Crippen molar-refractivity contribution in [2.75, 3.05) is 0 Å². The minimum atomic E-state index is -4.55. The van der Waals surface area contributed by atoms with Gasteiger partial charge in [0.2, 0.25) is 5.82 Å². The molecule has 1 unspecified atom stereocenters. The maximum Gasteiger partial charge on any atom is 0.417 e. The Kier molecular flexibility index (Phi) is 4.23. The number of aromatic nitrogens is 4. The molecule has 0 fully saturated rings. The van der Waals surface area contributed by atoms with Crippen LogP contribution < -0.4 is 0 Å². The van der Waals surface area contributed by atoms with Crippen LogP contribution in [0.5, 0.6) is 0 Å². The van der Waals surface area contributed by atoms with Crippen LogP contribution in [0, 0.1) is 0 Å². The number of nitrogens with zero attached hydrogens (tertiary/aromatic N) is 4. The Morgan fingerprint density at radius 3 is 2.67 bits per heavy atom. The third kappa shape index (κ3) is 3.32. The van der Waals surface area contributed by atoms with Gasteiger partial charge in [0.05, 0.1) is 10.6 Å². The number of rotatable bonds is 2. The van der Waals surface area contributed by atoms with Crippen molar-refractivity contribution in [1.82, 2.24) is 19.5 Å². The zero-order chi connectivity index (χ0) is 19.3. The second kappa shape index (κ2) is 6.35. The highest BCUT2D eigenvalue weighted by atomic mass is 35.5. The molecule has 0 amide bonds. The second-order valence-electron chi connectivity index (χ2n) is 5.75. The summed E-state index contributed by atoms with van der Waals surface area (Å²) in [6.07, 6.45) is -0.817. The van der Waals surface area contributed by atoms with Crippen molar-refractivity contribution in [2.24, 2.45) is 0 Å². The van der Waals surface area contributed by atoms with Gasteiger partial charge >= 0.3 is 6.18 Å². The Balaban J connectivity index is 1.74. The van der Waals surface area contributed by atoms with Crippen LogP contribution in [0.15, 0.2) is 40.2 Å². The number of hydrogen-bond donors (Lipinski definition) is 0. The molecule has 5 nitrogen and oxygen atoms in total. The molecule has 1 aliphatic rings. The Bertz CT molecular complexity index is 1100. The van der Waals surface area contributed by atoms with Crippen LogP contribution in [0.4, 0.5) is 17.6 Å². The van der Waals surface area contributed by atoms with Gasteiger partial charge in [0, 0.05) is 29.4 Å². The first-order valence-corrected chi connectivity index (χ1v) is 8.29. The average Bonchev–Trinajstić information content (AvgIpc) is 3.20. The SMILES string of the molecule is FC1C=CC(c2noc(-c3cn4cc(C(F)(F)F)cc(Cl)c4n3)n2)=C(Cl)C1. The molecule has 27 heavy (non-hydrogen) atoms. The van der Waals surface area contributed by atoms with Crippen molar-refractivity contribution in [1.29, 1.82) is 0 Å². The van der Waals surface area contributed by atoms with Gasteiger partial charge in [0.15, 0.2) is 5.65 Å². The highest BCUT2D eigenvalue weighted by Gasteiger charge is 2.32. The molecular formula is C16H8Cl2F4N4O. The molecule has 0 spiro atoms. The van der Waals surface area contributed by atoms with E-state index in [-0.39, 0.29) is 39.5 Å². The van der Waals surface area contributed by atoms with Crippen molar-refractivity contribution in [3.8, 4) is 11.6 Å². The van der Waals surface area contributed by atoms with E-state index < -0.39 is 17.9 Å². The van der Waals surface area contributed by atoms with Gasteiger partial charge in [0.1, 0.15) is 11.9 Å². The first-order valence-electron chi connectivity index (χ1n) is 7.53. The molecule has 0 aliphatic heterocycles. The summed E-state index contributed by atoms with van der Waals surface area (Å²) < 4.78 is 58.3. The number of hydrogen-bond acceptors (Lipinski definition) is 4. The van der Waals surface area contributed by atoms with E-state index in [1.54, 1.807) is 0 Å². The maximum atomic E-state index is 13.3. The zero-order valence-electron chi connectivity index (χ0n) is 13.1. The van der Waals surface area contributed by atoms with Crippen LogP contribution in [0.2, 0.25) is 5.02 Å². The van der Waals surface area contributed by atoms with Crippen LogP contribution in [0.3, 0.4) is 0 Å². The smallest absolute Gasteiger partial charge is 0.332 e. The van der Waals surface area contributed by atoms with Crippen molar-refractivity contribution < 1.29 is 22.1 Å². The molecule has 0 aromatic carbocycles. The average molecular weight is 419 g/mol. The lowest BCUT2D eigenvalue weighted by atomic mass is 10.1. The fourth-order valence-corrected chi connectivity index (χ4v) is 3.14. The minimum Gasteiger partial charge on any atom is -0.332 e. The quantitative estimate of drug-likeness (QED) is 0.529. The molecule has 0 saturated heterocycles. The van der Waals surface area contributed by atoms with Crippen LogP contribution in [0.25, 0.3) is 22.8 Å². The van der Waals surface area contributed by atoms with Crippen molar-refractivity contribution in [3.05, 3.63) is 52.1 Å². The van der Waals surface area contributed by atoms with Gasteiger partial charge in [0.25, 0.3) is 5.89 Å². The fourth-order valence-electron chi connectivity index (χ4n) is 2.59. The number of imidazole rings is 1. The van der Waals surface area contributed by atoms with Crippen LogP contribution in [-0.4, -0.2) is 25.7 Å². The largest absolute Gasteiger partial charge is 0.417 e. The molecule has 3 aromatic rings. The third-order valence-corrected chi connectivity index (χ3v) is 4.49. The fraction of sp³-hybridized carbons (Fsp3) is 0.188. The number of halogens is 6. The zero-order valence-corrected chi connectivity index (χ0v) is 14.6. The van der Waals surface area contributed by atoms with Gasteiger partial charge in [-0.25, -0.2) is 9.37 Å². The lowest BCUT2D eigenvalue weighted by Gasteiger charge is -2.10. The summed E-state index contributed by atoms with van der Waals surface area (Å²) in [5, 5.41) is 3.84. The summed E-state index contributed by atoms with van der Waals surface area (Å²) in [7, 11) is 0. The topological polar surface area (TPSA) is 56.2 Å². The van der Waals surface area contributed by atoms with E-state index in [4.69, 9.17) is 27.7 Å². The molecule has 1 atom stereocenters. The molecule has 0 bridgehead atoms. The Morgan fingerprint density at radius 1 is 1.19 bits per heavy atom. The summed E-state index contributed by atoms with van der Waals surface area (Å²) >= 11 is 11.9. The summed E-state index contributed by atoms with van der Waals surface area (Å²) in [5.74, 6) is 0.0864. The van der Waals surface area contributed by atoms with E-state index in [1.165, 1.54) is 18.3 Å². The van der Waals surface area contributed by atoms with Gasteiger partial charge in [-0.3, -0.25) is 0 Å². The van der Waals surface area contributed by atoms with Crippen LogP contribution in [-0.2, 0) is 6.18 Å². The number of allylic oxidation sites excluding steroid dienone is 4. The highest BCUT2D eigenvalue weighted by Crippen LogP contribution is 2.34. The van der Waals surface area contributed by atoms with E-state index in [2.05, 4.69) is 15.1 Å². The molecule has 1 aliphatic carbocycles. The van der Waals surface area contributed by atoms with Gasteiger partial charge < -0.3 is 8.92 Å². The van der Waals surface area contributed by atoms with Crippen LogP contribution >= 0.6 is 23.2 Å². The monoisotopic (exact) mass is 418 g/mol. The molecule has 0 radical (unpaired) electrons. The summed E-state index contributed by atoms with van der Waals surface area (Å²) in [6, 6.07) is 0.789. The Morgan fingerprint density at radius 2 is 1.96 bits per heavy atom. The van der Waals surface area contributed by atoms with E-state index in [9.17, 15) is 17.6 Å². The normalized spacial score (nSPS) is 17.9. The highest BCUT2D eigenvalue weighted by molar-refractivity contribution is 6.33. The number of alkyl halides is 4. The van der Waals surface area contributed by atoms with E-state index in [1.807, 2.05) is 0 Å². The Labute approximate surface area is 158 Å². The first-order chi connectivity index (χ1) is 12.7. The van der Waals surface area contributed by atoms with Crippen molar-refractivity contribution >= 4 is 34.4 Å². The first kappa shape index (κ1) is 18.0. The minimum absolute atomic E-state index is 0.00144. The van der Waals surface area contributed by atoms with E-state index in [0.717, 1.165) is 16.7 Å². The predicted molar refractivity (Wildman–Crippen MR) is 89.9 cm³/mol. The maximum absolute atomic E-state index is 13.3.